The number of carbonyl (C=O) groups is 4. The van der Waals surface area contributed by atoms with Crippen molar-refractivity contribution in [1.82, 2.24) is 0 Å². The third kappa shape index (κ3) is 3.64. The Bertz CT molecular complexity index is 1140. The van der Waals surface area contributed by atoms with Crippen LogP contribution in [0.2, 0.25) is 0 Å². The number of rotatable bonds is 4. The normalized spacial score (nSPS) is 43.1. The standard InChI is InChI=1S/C30H42O7/c1-25(2,36)12-11-21(33)30(8,37)23-19(32)14-27(5)20-10-9-16-17(13-18(31)24(35)26(16,3)4)29(20,7)22(34)15-28(23,27)6/h9,11-12,17,19-20,23,32,36-37H,10,13-15H2,1-8H3/b12-11+/t17-,19-,20+,23+,27+,28-,29+,30+/m1/s1. The molecule has 0 heterocycles. The third-order valence-corrected chi connectivity index (χ3v) is 11.0. The summed E-state index contributed by atoms with van der Waals surface area (Å²) >= 11 is 0. The molecule has 7 heteroatoms. The number of hydrogen-bond acceptors (Lipinski definition) is 7. The van der Waals surface area contributed by atoms with Gasteiger partial charge in [0, 0.05) is 30.1 Å². The SMILES string of the molecule is CC(C)(O)/C=C/C(=O)[C@](C)(O)[C@H]1[C@H](O)C[C@@]2(C)[C@@H]3CC=C4[C@@H](CC(=O)C(=O)C4(C)C)[C@]3(C)C(=O)C[C@]12C. The number of aliphatic hydroxyl groups excluding tert-OH is 1. The predicted molar refractivity (Wildman–Crippen MR) is 137 cm³/mol. The number of carbonyl (C=O) groups excluding carboxylic acids is 4. The smallest absolute Gasteiger partial charge is 0.207 e. The van der Waals surface area contributed by atoms with E-state index in [0.29, 0.717) is 12.8 Å². The van der Waals surface area contributed by atoms with Crippen molar-refractivity contribution in [3.8, 4) is 0 Å². The van der Waals surface area contributed by atoms with Crippen molar-refractivity contribution in [2.24, 2.45) is 39.4 Å². The van der Waals surface area contributed by atoms with E-state index >= 15 is 0 Å². The van der Waals surface area contributed by atoms with Gasteiger partial charge in [0.15, 0.2) is 11.6 Å². The quantitative estimate of drug-likeness (QED) is 0.299. The zero-order valence-electron chi connectivity index (χ0n) is 23.3. The Kier molecular flexibility index (Phi) is 6.09. The first kappa shape index (κ1) is 28.1. The van der Waals surface area contributed by atoms with E-state index in [-0.39, 0.29) is 24.5 Å². The maximum Gasteiger partial charge on any atom is 0.207 e. The minimum atomic E-state index is -1.97. The highest BCUT2D eigenvalue weighted by Crippen LogP contribution is 2.73. The second-order valence-electron chi connectivity index (χ2n) is 14.0. The molecule has 3 fully saturated rings. The topological polar surface area (TPSA) is 129 Å². The van der Waals surface area contributed by atoms with Crippen LogP contribution in [-0.4, -0.2) is 55.8 Å². The van der Waals surface area contributed by atoms with Crippen molar-refractivity contribution < 1.29 is 34.5 Å². The highest BCUT2D eigenvalue weighted by Gasteiger charge is 2.74. The van der Waals surface area contributed by atoms with Crippen LogP contribution in [0.3, 0.4) is 0 Å². The molecule has 0 aromatic carbocycles. The molecule has 37 heavy (non-hydrogen) atoms. The molecule has 0 unspecified atom stereocenters. The lowest BCUT2D eigenvalue weighted by molar-refractivity contribution is -0.182. The molecule has 3 N–H and O–H groups in total. The Hall–Kier alpha value is -1.96. The van der Waals surface area contributed by atoms with Crippen LogP contribution in [0.5, 0.6) is 0 Å². The van der Waals surface area contributed by atoms with Gasteiger partial charge in [-0.05, 0) is 70.3 Å². The van der Waals surface area contributed by atoms with Crippen molar-refractivity contribution in [3.05, 3.63) is 23.8 Å². The fourth-order valence-corrected chi connectivity index (χ4v) is 8.82. The highest BCUT2D eigenvalue weighted by molar-refractivity contribution is 6.40. The summed E-state index contributed by atoms with van der Waals surface area (Å²) in [5, 5.41) is 33.0. The van der Waals surface area contributed by atoms with E-state index in [4.69, 9.17) is 0 Å². The first-order chi connectivity index (χ1) is 16.7. The van der Waals surface area contributed by atoms with Crippen molar-refractivity contribution in [3.63, 3.8) is 0 Å². The van der Waals surface area contributed by atoms with Gasteiger partial charge in [0.25, 0.3) is 0 Å². The summed E-state index contributed by atoms with van der Waals surface area (Å²) in [4.78, 5) is 52.9. The Morgan fingerprint density at radius 3 is 2.19 bits per heavy atom. The Labute approximate surface area is 219 Å². The van der Waals surface area contributed by atoms with Crippen LogP contribution >= 0.6 is 0 Å². The molecular weight excluding hydrogens is 472 g/mol. The second-order valence-corrected chi connectivity index (χ2v) is 14.0. The molecular formula is C30H42O7. The predicted octanol–water partition coefficient (Wildman–Crippen LogP) is 3.14. The van der Waals surface area contributed by atoms with Gasteiger partial charge in [-0.2, -0.15) is 0 Å². The van der Waals surface area contributed by atoms with Crippen molar-refractivity contribution in [2.75, 3.05) is 0 Å². The molecule has 0 saturated heterocycles. The van der Waals surface area contributed by atoms with Gasteiger partial charge < -0.3 is 15.3 Å². The van der Waals surface area contributed by atoms with E-state index < -0.39 is 68.2 Å². The monoisotopic (exact) mass is 514 g/mol. The maximum atomic E-state index is 14.2. The molecule has 4 rings (SSSR count). The van der Waals surface area contributed by atoms with Crippen LogP contribution in [0.4, 0.5) is 0 Å². The van der Waals surface area contributed by atoms with E-state index in [0.717, 1.165) is 11.6 Å². The summed E-state index contributed by atoms with van der Waals surface area (Å²) in [7, 11) is 0. The molecule has 204 valence electrons. The van der Waals surface area contributed by atoms with Crippen LogP contribution in [-0.2, 0) is 19.2 Å². The van der Waals surface area contributed by atoms with Gasteiger partial charge in [0.1, 0.15) is 11.4 Å². The number of ketones is 4. The third-order valence-electron chi connectivity index (χ3n) is 11.0. The average Bonchev–Trinajstić information content (AvgIpc) is 2.96. The van der Waals surface area contributed by atoms with E-state index in [9.17, 15) is 34.5 Å². The highest BCUT2D eigenvalue weighted by atomic mass is 16.3. The zero-order chi connectivity index (χ0) is 28.1. The largest absolute Gasteiger partial charge is 0.393 e. The van der Waals surface area contributed by atoms with E-state index in [1.54, 1.807) is 13.8 Å². The van der Waals surface area contributed by atoms with Crippen molar-refractivity contribution >= 4 is 23.1 Å². The number of hydrogen-bond donors (Lipinski definition) is 3. The van der Waals surface area contributed by atoms with Gasteiger partial charge in [-0.1, -0.05) is 38.5 Å². The minimum Gasteiger partial charge on any atom is -0.393 e. The molecule has 0 aromatic rings. The van der Waals surface area contributed by atoms with Gasteiger partial charge in [-0.3, -0.25) is 19.2 Å². The lowest BCUT2D eigenvalue weighted by Gasteiger charge is -2.64. The maximum absolute atomic E-state index is 14.2. The number of Topliss-reactive ketones (excluding diaryl/α,β-unsaturated/α-hetero) is 3. The summed E-state index contributed by atoms with van der Waals surface area (Å²) in [6.07, 6.45) is 4.32. The summed E-state index contributed by atoms with van der Waals surface area (Å²) < 4.78 is 0. The fourth-order valence-electron chi connectivity index (χ4n) is 8.82. The lowest BCUT2D eigenvalue weighted by atomic mass is 9.38. The Morgan fingerprint density at radius 2 is 1.62 bits per heavy atom. The Balaban J connectivity index is 1.81. The second kappa shape index (κ2) is 8.03. The molecule has 3 saturated carbocycles. The zero-order valence-corrected chi connectivity index (χ0v) is 23.3. The van der Waals surface area contributed by atoms with Gasteiger partial charge in [-0.15, -0.1) is 0 Å². The molecule has 4 aliphatic carbocycles. The van der Waals surface area contributed by atoms with E-state index in [1.165, 1.54) is 26.8 Å². The first-order valence-corrected chi connectivity index (χ1v) is 13.3. The van der Waals surface area contributed by atoms with Gasteiger partial charge in [0.2, 0.25) is 5.78 Å². The molecule has 0 spiro atoms. The molecule has 4 aliphatic rings. The van der Waals surface area contributed by atoms with Gasteiger partial charge >= 0.3 is 0 Å². The van der Waals surface area contributed by atoms with Crippen LogP contribution in [0.15, 0.2) is 23.8 Å². The number of allylic oxidation sites excluding steroid dienone is 2. The van der Waals surface area contributed by atoms with Crippen LogP contribution in [0, 0.1) is 39.4 Å². The van der Waals surface area contributed by atoms with Gasteiger partial charge in [0.05, 0.1) is 17.1 Å². The van der Waals surface area contributed by atoms with E-state index in [2.05, 4.69) is 0 Å². The number of aliphatic hydroxyl groups is 3. The molecule has 7 nitrogen and oxygen atoms in total. The summed E-state index contributed by atoms with van der Waals surface area (Å²) in [5.41, 5.74) is -5.75. The summed E-state index contributed by atoms with van der Waals surface area (Å²) in [6, 6.07) is 0. The summed E-state index contributed by atoms with van der Waals surface area (Å²) in [5.74, 6) is -3.09. The first-order valence-electron chi connectivity index (χ1n) is 13.3. The Morgan fingerprint density at radius 1 is 1.03 bits per heavy atom. The van der Waals surface area contributed by atoms with E-state index in [1.807, 2.05) is 26.8 Å². The van der Waals surface area contributed by atoms with Crippen LogP contribution in [0.25, 0.3) is 0 Å². The van der Waals surface area contributed by atoms with Crippen molar-refractivity contribution in [2.45, 2.75) is 98.4 Å². The minimum absolute atomic E-state index is 0.00353. The van der Waals surface area contributed by atoms with Gasteiger partial charge in [-0.25, -0.2) is 0 Å². The molecule has 8 atom stereocenters. The molecule has 0 radical (unpaired) electrons. The molecule has 0 amide bonds. The van der Waals surface area contributed by atoms with Crippen LogP contribution in [0.1, 0.15) is 81.1 Å². The van der Waals surface area contributed by atoms with Crippen molar-refractivity contribution in [1.29, 1.82) is 0 Å². The summed E-state index contributed by atoms with van der Waals surface area (Å²) in [6.45, 7) is 13.8. The molecule has 0 aromatic heterocycles. The molecule has 0 bridgehead atoms. The lowest BCUT2D eigenvalue weighted by Crippen LogP contribution is -2.65. The molecule has 0 aliphatic heterocycles. The van der Waals surface area contributed by atoms with Crippen LogP contribution < -0.4 is 0 Å². The average molecular weight is 515 g/mol. The fraction of sp³-hybridized carbons (Fsp3) is 0.733. The number of fused-ring (bicyclic) bond motifs is 5.